The summed E-state index contributed by atoms with van der Waals surface area (Å²) in [6, 6.07) is 8.22. The van der Waals surface area contributed by atoms with Gasteiger partial charge in [0, 0.05) is 26.2 Å². The van der Waals surface area contributed by atoms with Crippen LogP contribution in [0.2, 0.25) is 5.02 Å². The van der Waals surface area contributed by atoms with Gasteiger partial charge in [0.15, 0.2) is 0 Å². The molecule has 0 amide bonds. The zero-order valence-electron chi connectivity index (χ0n) is 17.0. The van der Waals surface area contributed by atoms with Crippen molar-refractivity contribution in [2.24, 2.45) is 14.1 Å². The number of rotatable bonds is 4. The molecule has 1 aromatic carbocycles. The average Bonchev–Trinajstić information content (AvgIpc) is 2.97. The summed E-state index contributed by atoms with van der Waals surface area (Å²) in [5, 5.41) is 10.9. The number of methoxy groups -OCH3 is 1. The first kappa shape index (κ1) is 20.7. The van der Waals surface area contributed by atoms with E-state index >= 15 is 0 Å². The molecule has 0 fully saturated rings. The van der Waals surface area contributed by atoms with Gasteiger partial charge in [0.1, 0.15) is 5.65 Å². The molecule has 0 saturated carbocycles. The van der Waals surface area contributed by atoms with E-state index < -0.39 is 23.3 Å². The van der Waals surface area contributed by atoms with Gasteiger partial charge in [-0.15, -0.1) is 0 Å². The molecule has 0 aliphatic rings. The maximum absolute atomic E-state index is 13.3. The highest BCUT2D eigenvalue weighted by Crippen LogP contribution is 2.33. The van der Waals surface area contributed by atoms with E-state index in [4.69, 9.17) is 16.3 Å². The molecule has 0 aliphatic heterocycles. The van der Waals surface area contributed by atoms with Gasteiger partial charge in [0.2, 0.25) is 5.88 Å². The molecule has 9 nitrogen and oxygen atoms in total. The third-order valence-corrected chi connectivity index (χ3v) is 5.67. The largest absolute Gasteiger partial charge is 0.493 e. The number of carbonyl (C=O) groups excluding carboxylic acids is 1. The number of hydrogen-bond acceptors (Lipinski definition) is 6. The molecule has 31 heavy (non-hydrogen) atoms. The summed E-state index contributed by atoms with van der Waals surface area (Å²) in [4.78, 5) is 41.8. The Morgan fingerprint density at radius 1 is 1.16 bits per heavy atom. The number of halogens is 1. The number of aryl methyl sites for hydroxylation is 2. The number of ether oxygens (including phenoxy) is 1. The molecule has 1 atom stereocenters. The summed E-state index contributed by atoms with van der Waals surface area (Å²) >= 11 is 6.03. The van der Waals surface area contributed by atoms with Crippen LogP contribution in [-0.4, -0.2) is 36.7 Å². The van der Waals surface area contributed by atoms with Crippen LogP contribution >= 0.6 is 11.6 Å². The third kappa shape index (κ3) is 3.36. The summed E-state index contributed by atoms with van der Waals surface area (Å²) in [6.07, 6.45) is 1.19. The number of fused-ring (bicyclic) bond motifs is 2. The Bertz CT molecular complexity index is 1470. The normalized spacial score (nSPS) is 12.4. The molecule has 0 saturated heterocycles. The van der Waals surface area contributed by atoms with Gasteiger partial charge in [0.25, 0.3) is 5.56 Å². The molecule has 10 heteroatoms. The molecule has 4 rings (SSSR count). The van der Waals surface area contributed by atoms with Crippen LogP contribution in [0.5, 0.6) is 5.88 Å². The van der Waals surface area contributed by atoms with Crippen molar-refractivity contribution in [3.8, 4) is 5.88 Å². The minimum absolute atomic E-state index is 0.0644. The molecule has 0 bridgehead atoms. The zero-order valence-corrected chi connectivity index (χ0v) is 17.8. The van der Waals surface area contributed by atoms with Crippen LogP contribution in [0.15, 0.2) is 46.1 Å². The van der Waals surface area contributed by atoms with E-state index in [0.717, 1.165) is 0 Å². The summed E-state index contributed by atoms with van der Waals surface area (Å²) in [6.45, 7) is 0. The van der Waals surface area contributed by atoms with Crippen LogP contribution in [0, 0.1) is 0 Å². The van der Waals surface area contributed by atoms with Crippen molar-refractivity contribution in [3.05, 3.63) is 73.5 Å². The summed E-state index contributed by atoms with van der Waals surface area (Å²) in [5.41, 5.74) is 1.25. The predicted octanol–water partition coefficient (Wildman–Crippen LogP) is 1.94. The summed E-state index contributed by atoms with van der Waals surface area (Å²) in [5.74, 6) is -1.91. The van der Waals surface area contributed by atoms with Gasteiger partial charge in [-0.05, 0) is 29.8 Å². The van der Waals surface area contributed by atoms with E-state index in [0.29, 0.717) is 21.6 Å². The molecule has 1 N–H and O–H groups in total. The van der Waals surface area contributed by atoms with Crippen LogP contribution in [0.25, 0.3) is 16.7 Å². The topological polar surface area (TPSA) is 108 Å². The Labute approximate surface area is 180 Å². The Balaban J connectivity index is 2.00. The highest BCUT2D eigenvalue weighted by Gasteiger charge is 2.27. The maximum Gasteiger partial charge on any atom is 0.328 e. The second-order valence-electron chi connectivity index (χ2n) is 7.21. The Morgan fingerprint density at radius 2 is 1.87 bits per heavy atom. The lowest BCUT2D eigenvalue weighted by Gasteiger charge is -2.18. The van der Waals surface area contributed by atoms with E-state index in [1.807, 2.05) is 0 Å². The maximum atomic E-state index is 13.3. The van der Waals surface area contributed by atoms with Crippen LogP contribution in [-0.2, 0) is 23.6 Å². The Morgan fingerprint density at radius 3 is 2.58 bits per heavy atom. The molecule has 0 aliphatic carbocycles. The minimum atomic E-state index is -0.858. The van der Waals surface area contributed by atoms with Crippen molar-refractivity contribution in [2.45, 2.75) is 12.3 Å². The zero-order chi connectivity index (χ0) is 22.4. The lowest BCUT2D eigenvalue weighted by molar-refractivity contribution is -0.140. The van der Waals surface area contributed by atoms with Gasteiger partial charge in [0.05, 0.1) is 35.2 Å². The van der Waals surface area contributed by atoms with Crippen molar-refractivity contribution in [2.75, 3.05) is 7.11 Å². The molecule has 0 radical (unpaired) electrons. The fraction of sp³-hybridized carbons (Fsp3) is 0.238. The fourth-order valence-electron chi connectivity index (χ4n) is 3.80. The number of benzene rings is 1. The monoisotopic (exact) mass is 442 g/mol. The van der Waals surface area contributed by atoms with Gasteiger partial charge >= 0.3 is 11.7 Å². The van der Waals surface area contributed by atoms with Gasteiger partial charge in [-0.3, -0.25) is 23.1 Å². The van der Waals surface area contributed by atoms with Crippen LogP contribution in [0.1, 0.15) is 23.5 Å². The van der Waals surface area contributed by atoms with Crippen LogP contribution in [0.4, 0.5) is 0 Å². The van der Waals surface area contributed by atoms with Crippen LogP contribution < -0.4 is 11.2 Å². The number of carbonyl (C=O) groups is 1. The SMILES string of the molecule is COC(=O)C[C@@H](c1ccc2c(c1)n(C)c(=O)n2C)c1c(O)nc2ccc(Cl)cn2c1=O. The number of pyridine rings is 1. The Kier molecular flexibility index (Phi) is 5.06. The Hall–Kier alpha value is -3.59. The number of esters is 1. The first-order chi connectivity index (χ1) is 14.7. The summed E-state index contributed by atoms with van der Waals surface area (Å²) in [7, 11) is 4.54. The molecule has 160 valence electrons. The van der Waals surface area contributed by atoms with E-state index in [1.165, 1.54) is 32.9 Å². The smallest absolute Gasteiger partial charge is 0.328 e. The third-order valence-electron chi connectivity index (χ3n) is 5.45. The van der Waals surface area contributed by atoms with Crippen LogP contribution in [0.3, 0.4) is 0 Å². The molecular formula is C21H19ClN4O5. The van der Waals surface area contributed by atoms with Gasteiger partial charge < -0.3 is 9.84 Å². The van der Waals surface area contributed by atoms with Crippen molar-refractivity contribution < 1.29 is 14.6 Å². The fourth-order valence-corrected chi connectivity index (χ4v) is 3.96. The molecule has 0 spiro atoms. The first-order valence-corrected chi connectivity index (χ1v) is 9.73. The number of hydrogen-bond donors (Lipinski definition) is 1. The lowest BCUT2D eigenvalue weighted by Crippen LogP contribution is -2.24. The van der Waals surface area contributed by atoms with Crippen molar-refractivity contribution in [1.29, 1.82) is 0 Å². The van der Waals surface area contributed by atoms with Crippen molar-refractivity contribution >= 4 is 34.3 Å². The number of aromatic nitrogens is 4. The van der Waals surface area contributed by atoms with Crippen molar-refractivity contribution in [1.82, 2.24) is 18.5 Å². The number of aromatic hydroxyl groups is 1. The quantitative estimate of drug-likeness (QED) is 0.484. The molecule has 4 aromatic rings. The summed E-state index contributed by atoms with van der Waals surface area (Å²) < 4.78 is 9.01. The molecular weight excluding hydrogens is 424 g/mol. The standard InChI is InChI=1S/C21H19ClN4O5/c1-24-14-6-4-11(8-15(14)25(2)21(24)30)13(9-17(27)31-3)18-19(28)23-16-7-5-12(22)10-26(16)20(18)29/h4-8,10,13,28H,9H2,1-3H3/t13-/m0/s1. The van der Waals surface area contributed by atoms with Gasteiger partial charge in [-0.2, -0.15) is 4.98 Å². The van der Waals surface area contributed by atoms with E-state index in [9.17, 15) is 19.5 Å². The van der Waals surface area contributed by atoms with Crippen molar-refractivity contribution in [3.63, 3.8) is 0 Å². The van der Waals surface area contributed by atoms with Gasteiger partial charge in [-0.1, -0.05) is 17.7 Å². The predicted molar refractivity (Wildman–Crippen MR) is 115 cm³/mol. The first-order valence-electron chi connectivity index (χ1n) is 9.36. The molecule has 3 heterocycles. The highest BCUT2D eigenvalue weighted by molar-refractivity contribution is 6.30. The average molecular weight is 443 g/mol. The minimum Gasteiger partial charge on any atom is -0.493 e. The van der Waals surface area contributed by atoms with Gasteiger partial charge in [-0.25, -0.2) is 4.79 Å². The second-order valence-corrected chi connectivity index (χ2v) is 7.65. The molecule has 0 unspecified atom stereocenters. The second kappa shape index (κ2) is 7.59. The number of imidazole rings is 1. The van der Waals surface area contributed by atoms with E-state index in [2.05, 4.69) is 4.98 Å². The van der Waals surface area contributed by atoms with E-state index in [1.54, 1.807) is 38.4 Å². The lowest BCUT2D eigenvalue weighted by atomic mass is 9.89. The van der Waals surface area contributed by atoms with E-state index in [-0.39, 0.29) is 23.3 Å². The highest BCUT2D eigenvalue weighted by atomic mass is 35.5. The number of nitrogens with zero attached hydrogens (tertiary/aromatic N) is 4. The molecule has 3 aromatic heterocycles.